The molecule has 0 radical (unpaired) electrons. The molecule has 6 aromatic rings. The molecule has 0 bridgehead atoms. The number of nitrogens with zero attached hydrogens (tertiary/aromatic N) is 1. The van der Waals surface area contributed by atoms with Crippen molar-refractivity contribution in [2.45, 2.75) is 0 Å². The van der Waals surface area contributed by atoms with Crippen LogP contribution in [0.4, 0.5) is 5.69 Å². The van der Waals surface area contributed by atoms with Crippen LogP contribution in [-0.4, -0.2) is 11.8 Å². The molecule has 174 valence electrons. The smallest absolute Gasteiger partial charge is 0.266 e. The monoisotopic (exact) mass is 475 g/mol. The third-order valence-corrected chi connectivity index (χ3v) is 7.17. The predicted molar refractivity (Wildman–Crippen MR) is 150 cm³/mol. The lowest BCUT2D eigenvalue weighted by Gasteiger charge is -2.18. The number of carbonyl (C=O) groups excluding carboxylic acids is 2. The molecule has 2 amide bonds. The van der Waals surface area contributed by atoms with E-state index in [1.165, 1.54) is 4.90 Å². The van der Waals surface area contributed by atoms with E-state index in [-0.39, 0.29) is 11.8 Å². The Balaban J connectivity index is 1.62. The number of fused-ring (bicyclic) bond motifs is 3. The summed E-state index contributed by atoms with van der Waals surface area (Å²) in [7, 11) is 0. The van der Waals surface area contributed by atoms with Crippen molar-refractivity contribution in [2.75, 3.05) is 4.90 Å². The molecule has 0 unspecified atom stereocenters. The molecule has 0 N–H and O–H groups in total. The SMILES string of the molecule is O=C1c2cc3c(-c4ccccc4)c4ccccc4c(-c4ccccc4)c3cc2C(=O)N1c1ccccc1. The molecule has 3 heteroatoms. The molecule has 0 saturated carbocycles. The van der Waals surface area contributed by atoms with Gasteiger partial charge in [0.25, 0.3) is 11.8 Å². The first-order valence-corrected chi connectivity index (χ1v) is 12.3. The van der Waals surface area contributed by atoms with Crippen LogP contribution in [0, 0.1) is 0 Å². The lowest BCUT2D eigenvalue weighted by Crippen LogP contribution is -2.29. The second-order valence-electron chi connectivity index (χ2n) is 9.25. The normalized spacial score (nSPS) is 12.9. The van der Waals surface area contributed by atoms with Gasteiger partial charge in [0.2, 0.25) is 0 Å². The number of imide groups is 1. The summed E-state index contributed by atoms with van der Waals surface area (Å²) in [6, 6.07) is 41.9. The standard InChI is InChI=1S/C34H21NO2/c36-33-29-20-27-28(21-30(29)34(37)35(33)24-16-8-3-9-17-24)32(23-14-6-2-7-15-23)26-19-11-10-18-25(26)31(27)22-12-4-1-5-13-22/h1-21H. The molecule has 0 atom stereocenters. The fourth-order valence-corrected chi connectivity index (χ4v) is 5.55. The van der Waals surface area contributed by atoms with Crippen LogP contribution in [0.5, 0.6) is 0 Å². The molecule has 1 aliphatic rings. The number of carbonyl (C=O) groups is 2. The Morgan fingerprint density at radius 3 is 1.22 bits per heavy atom. The summed E-state index contributed by atoms with van der Waals surface area (Å²) in [5, 5.41) is 4.13. The maximum absolute atomic E-state index is 13.6. The summed E-state index contributed by atoms with van der Waals surface area (Å²) in [6.45, 7) is 0. The zero-order valence-electron chi connectivity index (χ0n) is 19.9. The minimum atomic E-state index is -0.290. The van der Waals surface area contributed by atoms with E-state index < -0.39 is 0 Å². The summed E-state index contributed by atoms with van der Waals surface area (Å²) in [5.41, 5.74) is 5.72. The maximum Gasteiger partial charge on any atom is 0.266 e. The van der Waals surface area contributed by atoms with Gasteiger partial charge in [-0.15, -0.1) is 0 Å². The molecule has 0 aromatic heterocycles. The second-order valence-corrected chi connectivity index (χ2v) is 9.25. The molecule has 6 aromatic carbocycles. The van der Waals surface area contributed by atoms with Gasteiger partial charge >= 0.3 is 0 Å². The lowest BCUT2D eigenvalue weighted by atomic mass is 9.84. The molecule has 0 fully saturated rings. The van der Waals surface area contributed by atoms with Crippen LogP contribution < -0.4 is 4.90 Å². The minimum Gasteiger partial charge on any atom is -0.268 e. The second kappa shape index (κ2) is 8.28. The van der Waals surface area contributed by atoms with Crippen LogP contribution in [0.25, 0.3) is 43.8 Å². The molecule has 1 heterocycles. The molecule has 3 nitrogen and oxygen atoms in total. The van der Waals surface area contributed by atoms with E-state index in [1.54, 1.807) is 12.1 Å². The number of anilines is 1. The van der Waals surface area contributed by atoms with Crippen molar-refractivity contribution in [2.24, 2.45) is 0 Å². The first kappa shape index (κ1) is 21.3. The summed E-state index contributed by atoms with van der Waals surface area (Å²) in [4.78, 5) is 28.5. The van der Waals surface area contributed by atoms with Crippen molar-refractivity contribution in [1.82, 2.24) is 0 Å². The van der Waals surface area contributed by atoms with E-state index >= 15 is 0 Å². The van der Waals surface area contributed by atoms with Crippen LogP contribution in [-0.2, 0) is 0 Å². The Hall–Kier alpha value is -5.02. The molecule has 37 heavy (non-hydrogen) atoms. The highest BCUT2D eigenvalue weighted by atomic mass is 16.2. The number of rotatable bonds is 3. The van der Waals surface area contributed by atoms with E-state index in [2.05, 4.69) is 48.5 Å². The molecule has 0 saturated heterocycles. The van der Waals surface area contributed by atoms with E-state index in [1.807, 2.05) is 66.7 Å². The Morgan fingerprint density at radius 1 is 0.405 bits per heavy atom. The quantitative estimate of drug-likeness (QED) is 0.191. The fourth-order valence-electron chi connectivity index (χ4n) is 5.55. The Kier molecular flexibility index (Phi) is 4.76. The van der Waals surface area contributed by atoms with Crippen molar-refractivity contribution >= 4 is 39.0 Å². The number of hydrogen-bond acceptors (Lipinski definition) is 2. The molecular formula is C34H21NO2. The van der Waals surface area contributed by atoms with Gasteiger partial charge in [0, 0.05) is 0 Å². The summed E-state index contributed by atoms with van der Waals surface area (Å²) in [6.07, 6.45) is 0. The predicted octanol–water partition coefficient (Wildman–Crippen LogP) is 8.13. The van der Waals surface area contributed by atoms with Crippen molar-refractivity contribution < 1.29 is 9.59 Å². The highest BCUT2D eigenvalue weighted by Gasteiger charge is 2.37. The zero-order chi connectivity index (χ0) is 24.9. The van der Waals surface area contributed by atoms with Crippen LogP contribution in [0.15, 0.2) is 127 Å². The van der Waals surface area contributed by atoms with Gasteiger partial charge < -0.3 is 0 Å². The number of hydrogen-bond donors (Lipinski definition) is 0. The van der Waals surface area contributed by atoms with E-state index in [4.69, 9.17) is 0 Å². The molecule has 0 spiro atoms. The first-order chi connectivity index (χ1) is 18.2. The fraction of sp³-hybridized carbons (Fsp3) is 0. The van der Waals surface area contributed by atoms with Crippen molar-refractivity contribution in [1.29, 1.82) is 0 Å². The Morgan fingerprint density at radius 2 is 0.784 bits per heavy atom. The highest BCUT2D eigenvalue weighted by molar-refractivity contribution is 6.36. The molecule has 1 aliphatic heterocycles. The van der Waals surface area contributed by atoms with Gasteiger partial charge in [-0.25, -0.2) is 4.90 Å². The highest BCUT2D eigenvalue weighted by Crippen LogP contribution is 2.45. The zero-order valence-corrected chi connectivity index (χ0v) is 19.9. The first-order valence-electron chi connectivity index (χ1n) is 12.3. The Labute approximate surface area is 214 Å². The van der Waals surface area contributed by atoms with Gasteiger partial charge in [0.15, 0.2) is 0 Å². The van der Waals surface area contributed by atoms with Crippen molar-refractivity contribution in [3.05, 3.63) is 139 Å². The van der Waals surface area contributed by atoms with Gasteiger partial charge in [0.05, 0.1) is 16.8 Å². The summed E-state index contributed by atoms with van der Waals surface area (Å²) < 4.78 is 0. The van der Waals surface area contributed by atoms with Crippen molar-refractivity contribution in [3.63, 3.8) is 0 Å². The van der Waals surface area contributed by atoms with Gasteiger partial charge in [-0.1, -0.05) is 103 Å². The van der Waals surface area contributed by atoms with Gasteiger partial charge in [-0.3, -0.25) is 9.59 Å². The third kappa shape index (κ3) is 3.21. The molecule has 0 aliphatic carbocycles. The third-order valence-electron chi connectivity index (χ3n) is 7.17. The Bertz CT molecular complexity index is 1720. The van der Waals surface area contributed by atoms with Crippen LogP contribution in [0.3, 0.4) is 0 Å². The van der Waals surface area contributed by atoms with Gasteiger partial charge in [-0.05, 0) is 68.1 Å². The maximum atomic E-state index is 13.6. The summed E-state index contributed by atoms with van der Waals surface area (Å²) >= 11 is 0. The minimum absolute atomic E-state index is 0.290. The molecular weight excluding hydrogens is 454 g/mol. The lowest BCUT2D eigenvalue weighted by molar-refractivity contribution is 0.0926. The average molecular weight is 476 g/mol. The number of benzene rings is 6. The van der Waals surface area contributed by atoms with Crippen LogP contribution in [0.2, 0.25) is 0 Å². The van der Waals surface area contributed by atoms with E-state index in [0.29, 0.717) is 16.8 Å². The van der Waals surface area contributed by atoms with E-state index in [0.717, 1.165) is 43.8 Å². The van der Waals surface area contributed by atoms with Crippen LogP contribution >= 0.6 is 0 Å². The largest absolute Gasteiger partial charge is 0.268 e. The average Bonchev–Trinajstić information content (AvgIpc) is 3.20. The van der Waals surface area contributed by atoms with Crippen molar-refractivity contribution in [3.8, 4) is 22.3 Å². The number of amides is 2. The molecule has 7 rings (SSSR count). The topological polar surface area (TPSA) is 37.4 Å². The van der Waals surface area contributed by atoms with Crippen LogP contribution in [0.1, 0.15) is 20.7 Å². The van der Waals surface area contributed by atoms with E-state index in [9.17, 15) is 9.59 Å². The van der Waals surface area contributed by atoms with Gasteiger partial charge in [0.1, 0.15) is 0 Å². The number of para-hydroxylation sites is 1. The summed E-state index contributed by atoms with van der Waals surface area (Å²) in [5.74, 6) is -0.580. The van der Waals surface area contributed by atoms with Gasteiger partial charge in [-0.2, -0.15) is 0 Å².